The highest BCUT2D eigenvalue weighted by Crippen LogP contribution is 2.19. The number of hydrogen-bond donors (Lipinski definition) is 2. The van der Waals surface area contributed by atoms with E-state index in [0.717, 1.165) is 18.7 Å². The first kappa shape index (κ1) is 12.9. The topological polar surface area (TPSA) is 110 Å². The average molecular weight is 262 g/mol. The molecular weight excluding hydrogens is 248 g/mol. The van der Waals surface area contributed by atoms with Crippen LogP contribution in [-0.2, 0) is 6.42 Å². The van der Waals surface area contributed by atoms with Crippen molar-refractivity contribution in [3.63, 3.8) is 0 Å². The highest BCUT2D eigenvalue weighted by atomic mass is 16.6. The molecule has 0 bridgehead atoms. The molecular formula is C11H14N6O2. The Hall–Kier alpha value is -2.51. The number of aryl methyl sites for hydroxylation is 2. The van der Waals surface area contributed by atoms with Gasteiger partial charge in [0, 0.05) is 24.7 Å². The van der Waals surface area contributed by atoms with Gasteiger partial charge in [0.2, 0.25) is 0 Å². The summed E-state index contributed by atoms with van der Waals surface area (Å²) in [6.07, 6.45) is 4.56. The van der Waals surface area contributed by atoms with Crippen molar-refractivity contribution in [1.82, 2.24) is 20.2 Å². The number of hydrogen-bond acceptors (Lipinski definition) is 6. The maximum Gasteiger partial charge on any atom is 0.277 e. The Morgan fingerprint density at radius 3 is 3.00 bits per heavy atom. The van der Waals surface area contributed by atoms with Crippen LogP contribution >= 0.6 is 0 Å². The summed E-state index contributed by atoms with van der Waals surface area (Å²) in [4.78, 5) is 18.5. The molecule has 0 unspecified atom stereocenters. The van der Waals surface area contributed by atoms with Gasteiger partial charge in [0.05, 0.1) is 11.0 Å². The zero-order valence-electron chi connectivity index (χ0n) is 10.5. The van der Waals surface area contributed by atoms with Gasteiger partial charge >= 0.3 is 0 Å². The fourth-order valence-corrected chi connectivity index (χ4v) is 1.63. The summed E-state index contributed by atoms with van der Waals surface area (Å²) in [6, 6.07) is 1.45. The summed E-state index contributed by atoms with van der Waals surface area (Å²) in [5.41, 5.74) is 0.630. The molecule has 2 heterocycles. The molecule has 100 valence electrons. The third-order valence-electron chi connectivity index (χ3n) is 2.63. The lowest BCUT2D eigenvalue weighted by Gasteiger charge is -2.05. The van der Waals surface area contributed by atoms with Crippen LogP contribution in [0.2, 0.25) is 0 Å². The third kappa shape index (κ3) is 3.47. The van der Waals surface area contributed by atoms with E-state index in [4.69, 9.17) is 0 Å². The molecule has 19 heavy (non-hydrogen) atoms. The molecule has 2 aromatic rings. The summed E-state index contributed by atoms with van der Waals surface area (Å²) < 4.78 is 0. The molecule has 0 spiro atoms. The molecule has 0 aliphatic rings. The van der Waals surface area contributed by atoms with Crippen LogP contribution in [0.3, 0.4) is 0 Å². The van der Waals surface area contributed by atoms with Crippen molar-refractivity contribution in [3.8, 4) is 0 Å². The van der Waals surface area contributed by atoms with E-state index in [0.29, 0.717) is 17.9 Å². The number of nitrogens with zero attached hydrogens (tertiary/aromatic N) is 4. The lowest BCUT2D eigenvalue weighted by Crippen LogP contribution is -2.06. The first-order valence-corrected chi connectivity index (χ1v) is 5.86. The summed E-state index contributed by atoms with van der Waals surface area (Å²) in [7, 11) is 0. The molecule has 2 aromatic heterocycles. The van der Waals surface area contributed by atoms with Crippen molar-refractivity contribution < 1.29 is 4.92 Å². The summed E-state index contributed by atoms with van der Waals surface area (Å²) in [5, 5.41) is 20.4. The number of H-pyrrole nitrogens is 1. The lowest BCUT2D eigenvalue weighted by molar-refractivity contribution is -0.385. The standard InChI is InChI=1S/C11H14N6O2/c1-8-6-13-11(5-9(8)17(18)19)12-4-2-3-10-14-7-15-16-10/h5-7H,2-4H2,1H3,(H,12,13)(H,14,15,16). The van der Waals surface area contributed by atoms with Gasteiger partial charge in [0.1, 0.15) is 18.0 Å². The van der Waals surface area contributed by atoms with Crippen LogP contribution in [0.15, 0.2) is 18.6 Å². The second-order valence-corrected chi connectivity index (χ2v) is 4.08. The van der Waals surface area contributed by atoms with Crippen molar-refractivity contribution in [1.29, 1.82) is 0 Å². The van der Waals surface area contributed by atoms with E-state index in [-0.39, 0.29) is 5.69 Å². The minimum atomic E-state index is -0.406. The van der Waals surface area contributed by atoms with E-state index in [1.807, 2.05) is 0 Å². The maximum absolute atomic E-state index is 10.8. The van der Waals surface area contributed by atoms with Crippen LogP contribution in [0.5, 0.6) is 0 Å². The third-order valence-corrected chi connectivity index (χ3v) is 2.63. The molecule has 0 amide bonds. The highest BCUT2D eigenvalue weighted by molar-refractivity contribution is 5.48. The zero-order chi connectivity index (χ0) is 13.7. The Morgan fingerprint density at radius 1 is 1.47 bits per heavy atom. The molecule has 2 N–H and O–H groups in total. The maximum atomic E-state index is 10.8. The Morgan fingerprint density at radius 2 is 2.32 bits per heavy atom. The molecule has 0 saturated carbocycles. The second-order valence-electron chi connectivity index (χ2n) is 4.08. The molecule has 0 saturated heterocycles. The van der Waals surface area contributed by atoms with Gasteiger partial charge in [-0.05, 0) is 13.3 Å². The number of aromatic amines is 1. The average Bonchev–Trinajstić information content (AvgIpc) is 2.89. The van der Waals surface area contributed by atoms with Crippen molar-refractivity contribution in [2.24, 2.45) is 0 Å². The van der Waals surface area contributed by atoms with Crippen LogP contribution in [0.4, 0.5) is 11.5 Å². The summed E-state index contributed by atoms with van der Waals surface area (Å²) in [6.45, 7) is 2.33. The largest absolute Gasteiger partial charge is 0.370 e. The van der Waals surface area contributed by atoms with Gasteiger partial charge in [-0.15, -0.1) is 0 Å². The van der Waals surface area contributed by atoms with E-state index >= 15 is 0 Å². The van der Waals surface area contributed by atoms with Gasteiger partial charge in [0.15, 0.2) is 0 Å². The smallest absolute Gasteiger partial charge is 0.277 e. The number of rotatable bonds is 6. The molecule has 8 nitrogen and oxygen atoms in total. The molecule has 0 fully saturated rings. The zero-order valence-corrected chi connectivity index (χ0v) is 10.5. The van der Waals surface area contributed by atoms with Gasteiger partial charge in [-0.25, -0.2) is 9.97 Å². The molecule has 2 rings (SSSR count). The van der Waals surface area contributed by atoms with E-state index in [2.05, 4.69) is 25.5 Å². The van der Waals surface area contributed by atoms with E-state index in [9.17, 15) is 10.1 Å². The quantitative estimate of drug-likeness (QED) is 0.463. The molecule has 0 radical (unpaired) electrons. The van der Waals surface area contributed by atoms with Crippen LogP contribution in [0.1, 0.15) is 17.8 Å². The fourth-order valence-electron chi connectivity index (χ4n) is 1.63. The van der Waals surface area contributed by atoms with Crippen molar-refractivity contribution in [3.05, 3.63) is 40.1 Å². The van der Waals surface area contributed by atoms with Crippen molar-refractivity contribution in [2.45, 2.75) is 19.8 Å². The predicted octanol–water partition coefficient (Wildman–Crippen LogP) is 1.46. The summed E-state index contributed by atoms with van der Waals surface area (Å²) >= 11 is 0. The number of anilines is 1. The van der Waals surface area contributed by atoms with Crippen LogP contribution < -0.4 is 5.32 Å². The first-order valence-electron chi connectivity index (χ1n) is 5.86. The Balaban J connectivity index is 1.86. The Kier molecular flexibility index (Phi) is 4.01. The number of aromatic nitrogens is 4. The number of nitrogens with one attached hydrogen (secondary N) is 2. The minimum Gasteiger partial charge on any atom is -0.370 e. The van der Waals surface area contributed by atoms with E-state index in [1.54, 1.807) is 6.92 Å². The molecule has 0 aromatic carbocycles. The van der Waals surface area contributed by atoms with Gasteiger partial charge in [-0.2, -0.15) is 5.10 Å². The van der Waals surface area contributed by atoms with Crippen molar-refractivity contribution in [2.75, 3.05) is 11.9 Å². The lowest BCUT2D eigenvalue weighted by atomic mass is 10.2. The van der Waals surface area contributed by atoms with Gasteiger partial charge in [0.25, 0.3) is 5.69 Å². The highest BCUT2D eigenvalue weighted by Gasteiger charge is 2.11. The van der Waals surface area contributed by atoms with E-state index < -0.39 is 4.92 Å². The van der Waals surface area contributed by atoms with Crippen LogP contribution in [0, 0.1) is 17.0 Å². The minimum absolute atomic E-state index is 0.0766. The second kappa shape index (κ2) is 5.89. The Bertz CT molecular complexity index is 554. The number of pyridine rings is 1. The molecule has 0 aliphatic heterocycles. The Labute approximate surface area is 109 Å². The first-order chi connectivity index (χ1) is 9.16. The fraction of sp³-hybridized carbons (Fsp3) is 0.364. The van der Waals surface area contributed by atoms with Gasteiger partial charge in [-0.3, -0.25) is 15.2 Å². The van der Waals surface area contributed by atoms with Crippen LogP contribution in [0.25, 0.3) is 0 Å². The summed E-state index contributed by atoms with van der Waals surface area (Å²) in [5.74, 6) is 1.33. The monoisotopic (exact) mass is 262 g/mol. The molecule has 0 atom stereocenters. The molecule has 0 aliphatic carbocycles. The predicted molar refractivity (Wildman–Crippen MR) is 68.8 cm³/mol. The number of nitro groups is 1. The SMILES string of the molecule is Cc1cnc(NCCCc2ncn[nH]2)cc1[N+](=O)[O-]. The van der Waals surface area contributed by atoms with Gasteiger partial charge < -0.3 is 5.32 Å². The molecule has 8 heteroatoms. The van der Waals surface area contributed by atoms with E-state index in [1.165, 1.54) is 18.6 Å². The normalized spacial score (nSPS) is 10.4. The van der Waals surface area contributed by atoms with Crippen molar-refractivity contribution >= 4 is 11.5 Å². The van der Waals surface area contributed by atoms with Gasteiger partial charge in [-0.1, -0.05) is 0 Å². The van der Waals surface area contributed by atoms with Crippen LogP contribution in [-0.4, -0.2) is 31.6 Å².